The van der Waals surface area contributed by atoms with E-state index in [1.807, 2.05) is 0 Å². The average Bonchev–Trinajstić information content (AvgIpc) is 3.15. The Balaban J connectivity index is 1.44. The van der Waals surface area contributed by atoms with E-state index in [2.05, 4.69) is 10.2 Å². The molecule has 1 atom stereocenters. The van der Waals surface area contributed by atoms with Gasteiger partial charge in [0.25, 0.3) is 5.91 Å². The molecule has 3 rings (SSSR count). The Hall–Kier alpha value is -1.67. The van der Waals surface area contributed by atoms with E-state index in [1.165, 1.54) is 0 Å². The van der Waals surface area contributed by atoms with Crippen molar-refractivity contribution in [3.8, 4) is 0 Å². The van der Waals surface area contributed by atoms with Crippen LogP contribution in [0.2, 0.25) is 5.02 Å². The zero-order valence-electron chi connectivity index (χ0n) is 15.0. The first-order valence-electron chi connectivity index (χ1n) is 8.93. The molecule has 0 radical (unpaired) electrons. The number of carbonyl (C=O) groups is 1. The molecule has 1 amide bonds. The quantitative estimate of drug-likeness (QED) is 0.677. The van der Waals surface area contributed by atoms with Gasteiger partial charge in [0.2, 0.25) is 0 Å². The van der Waals surface area contributed by atoms with Crippen LogP contribution in [0.1, 0.15) is 22.7 Å². The van der Waals surface area contributed by atoms with Gasteiger partial charge in [0.05, 0.1) is 39.7 Å². The SMILES string of the molecule is O=C(NCCCN1CCOCC1)c1ccc(CS(=O)c2ccccc2Cl)o1. The van der Waals surface area contributed by atoms with Gasteiger partial charge in [0.15, 0.2) is 5.76 Å². The van der Waals surface area contributed by atoms with Gasteiger partial charge in [0, 0.05) is 19.6 Å². The minimum Gasteiger partial charge on any atom is -0.455 e. The van der Waals surface area contributed by atoms with Gasteiger partial charge in [-0.05, 0) is 37.2 Å². The normalized spacial score (nSPS) is 16.2. The molecule has 1 aromatic carbocycles. The number of carbonyl (C=O) groups excluding carboxylic acids is 1. The van der Waals surface area contributed by atoms with Crippen LogP contribution < -0.4 is 5.32 Å². The standard InChI is InChI=1S/C19H23ClN2O4S/c20-16-4-1-2-5-18(16)27(24)14-15-6-7-17(26-15)19(23)21-8-3-9-22-10-12-25-13-11-22/h1-2,4-7H,3,8-14H2,(H,21,23). The van der Waals surface area contributed by atoms with Gasteiger partial charge in [0.1, 0.15) is 5.76 Å². The second kappa shape index (κ2) is 10.0. The number of morpholine rings is 1. The minimum atomic E-state index is -1.33. The first-order valence-corrected chi connectivity index (χ1v) is 10.6. The van der Waals surface area contributed by atoms with E-state index in [0.717, 1.165) is 39.3 Å². The molecule has 8 heteroatoms. The summed E-state index contributed by atoms with van der Waals surface area (Å²) in [6.45, 7) is 4.95. The van der Waals surface area contributed by atoms with Crippen molar-refractivity contribution in [3.63, 3.8) is 0 Å². The first-order chi connectivity index (χ1) is 13.1. The summed E-state index contributed by atoms with van der Waals surface area (Å²) >= 11 is 6.07. The Bertz CT molecular complexity index is 790. The van der Waals surface area contributed by atoms with Crippen molar-refractivity contribution in [2.75, 3.05) is 39.4 Å². The third-order valence-corrected chi connectivity index (χ3v) is 6.12. The van der Waals surface area contributed by atoms with Gasteiger partial charge >= 0.3 is 0 Å². The van der Waals surface area contributed by atoms with E-state index in [-0.39, 0.29) is 17.4 Å². The van der Waals surface area contributed by atoms with Crippen LogP contribution in [0, 0.1) is 0 Å². The molecule has 1 aliphatic rings. The molecule has 1 aliphatic heterocycles. The lowest BCUT2D eigenvalue weighted by molar-refractivity contribution is 0.0374. The molecule has 146 valence electrons. The van der Waals surface area contributed by atoms with Crippen LogP contribution in [0.4, 0.5) is 0 Å². The van der Waals surface area contributed by atoms with Crippen molar-refractivity contribution in [1.29, 1.82) is 0 Å². The molecule has 0 aliphatic carbocycles. The predicted molar refractivity (Wildman–Crippen MR) is 104 cm³/mol. The third-order valence-electron chi connectivity index (χ3n) is 4.28. The van der Waals surface area contributed by atoms with Crippen LogP contribution in [-0.4, -0.2) is 54.4 Å². The van der Waals surface area contributed by atoms with E-state index in [0.29, 0.717) is 22.2 Å². The van der Waals surface area contributed by atoms with Crippen LogP contribution >= 0.6 is 11.6 Å². The zero-order valence-corrected chi connectivity index (χ0v) is 16.6. The summed E-state index contributed by atoms with van der Waals surface area (Å²) < 4.78 is 23.3. The molecule has 1 fully saturated rings. The smallest absolute Gasteiger partial charge is 0.286 e. The van der Waals surface area contributed by atoms with Crippen LogP contribution in [0.3, 0.4) is 0 Å². The minimum absolute atomic E-state index is 0.175. The summed E-state index contributed by atoms with van der Waals surface area (Å²) in [6.07, 6.45) is 0.871. The summed E-state index contributed by atoms with van der Waals surface area (Å²) in [5, 5.41) is 3.32. The number of halogens is 1. The number of benzene rings is 1. The number of nitrogens with zero attached hydrogens (tertiary/aromatic N) is 1. The monoisotopic (exact) mass is 410 g/mol. The number of ether oxygens (including phenoxy) is 1. The highest BCUT2D eigenvalue weighted by atomic mass is 35.5. The molecule has 2 aromatic rings. The number of amides is 1. The van der Waals surface area contributed by atoms with Crippen LogP contribution in [0.25, 0.3) is 0 Å². The maximum atomic E-state index is 12.4. The molecular formula is C19H23ClN2O4S. The number of hydrogen-bond donors (Lipinski definition) is 1. The van der Waals surface area contributed by atoms with E-state index >= 15 is 0 Å². The fourth-order valence-corrected chi connectivity index (χ4v) is 4.31. The number of rotatable bonds is 8. The first kappa shape index (κ1) is 20.1. The molecule has 1 saturated heterocycles. The number of nitrogens with one attached hydrogen (secondary N) is 1. The molecule has 0 bridgehead atoms. The van der Waals surface area contributed by atoms with Crippen molar-refractivity contribution in [2.24, 2.45) is 0 Å². The summed E-state index contributed by atoms with van der Waals surface area (Å²) in [5.41, 5.74) is 0. The Morgan fingerprint density at radius 2 is 1.96 bits per heavy atom. The lowest BCUT2D eigenvalue weighted by atomic mass is 10.3. The third kappa shape index (κ3) is 5.90. The summed E-state index contributed by atoms with van der Waals surface area (Å²) in [7, 11) is -1.33. The molecule has 1 aromatic heterocycles. The lowest BCUT2D eigenvalue weighted by Crippen LogP contribution is -2.38. The maximum Gasteiger partial charge on any atom is 0.286 e. The molecule has 0 spiro atoms. The summed E-state index contributed by atoms with van der Waals surface area (Å²) in [4.78, 5) is 15.1. The molecule has 2 heterocycles. The lowest BCUT2D eigenvalue weighted by Gasteiger charge is -2.26. The number of furan rings is 1. The Morgan fingerprint density at radius 1 is 1.19 bits per heavy atom. The maximum absolute atomic E-state index is 12.4. The van der Waals surface area contributed by atoms with Crippen molar-refractivity contribution >= 4 is 28.3 Å². The Kier molecular flexibility index (Phi) is 7.46. The van der Waals surface area contributed by atoms with Crippen molar-refractivity contribution in [3.05, 3.63) is 52.9 Å². The molecule has 1 unspecified atom stereocenters. The molecule has 1 N–H and O–H groups in total. The topological polar surface area (TPSA) is 71.8 Å². The van der Waals surface area contributed by atoms with Crippen molar-refractivity contribution < 1.29 is 18.2 Å². The Morgan fingerprint density at radius 3 is 2.74 bits per heavy atom. The summed E-state index contributed by atoms with van der Waals surface area (Å²) in [6, 6.07) is 10.3. The Labute approximate surface area is 166 Å². The zero-order chi connectivity index (χ0) is 19.1. The predicted octanol–water partition coefficient (Wildman–Crippen LogP) is 2.69. The van der Waals surface area contributed by atoms with Gasteiger partial charge in [-0.3, -0.25) is 13.9 Å². The van der Waals surface area contributed by atoms with Gasteiger partial charge in [-0.1, -0.05) is 23.7 Å². The number of hydrogen-bond acceptors (Lipinski definition) is 5. The fraction of sp³-hybridized carbons (Fsp3) is 0.421. The van der Waals surface area contributed by atoms with Gasteiger partial charge in [-0.25, -0.2) is 0 Å². The van der Waals surface area contributed by atoms with E-state index in [9.17, 15) is 9.00 Å². The second-order valence-electron chi connectivity index (χ2n) is 6.25. The van der Waals surface area contributed by atoms with E-state index < -0.39 is 10.8 Å². The summed E-state index contributed by atoms with van der Waals surface area (Å²) in [5.74, 6) is 0.639. The van der Waals surface area contributed by atoms with Gasteiger partial charge < -0.3 is 14.5 Å². The van der Waals surface area contributed by atoms with E-state index in [1.54, 1.807) is 36.4 Å². The van der Waals surface area contributed by atoms with Gasteiger partial charge in [-0.2, -0.15) is 0 Å². The highest BCUT2D eigenvalue weighted by Gasteiger charge is 2.15. The highest BCUT2D eigenvalue weighted by molar-refractivity contribution is 7.84. The molecule has 6 nitrogen and oxygen atoms in total. The second-order valence-corrected chi connectivity index (χ2v) is 8.08. The van der Waals surface area contributed by atoms with Crippen LogP contribution in [-0.2, 0) is 21.3 Å². The molecule has 27 heavy (non-hydrogen) atoms. The van der Waals surface area contributed by atoms with Crippen molar-refractivity contribution in [1.82, 2.24) is 10.2 Å². The molecule has 0 saturated carbocycles. The largest absolute Gasteiger partial charge is 0.455 e. The van der Waals surface area contributed by atoms with Crippen LogP contribution in [0.15, 0.2) is 45.7 Å². The van der Waals surface area contributed by atoms with Crippen molar-refractivity contribution in [2.45, 2.75) is 17.1 Å². The molecular weight excluding hydrogens is 388 g/mol. The van der Waals surface area contributed by atoms with E-state index in [4.69, 9.17) is 20.8 Å². The fourth-order valence-electron chi connectivity index (χ4n) is 2.83. The van der Waals surface area contributed by atoms with Crippen LogP contribution in [0.5, 0.6) is 0 Å². The highest BCUT2D eigenvalue weighted by Crippen LogP contribution is 2.22. The average molecular weight is 411 g/mol. The van der Waals surface area contributed by atoms with Gasteiger partial charge in [-0.15, -0.1) is 0 Å².